The largest absolute Gasteiger partial charge is 0.388 e. The minimum Gasteiger partial charge on any atom is -0.388 e. The Morgan fingerprint density at radius 1 is 0.857 bits per heavy atom. The Kier molecular flexibility index (Phi) is 3.97. The molecule has 0 radical (unpaired) electrons. The third-order valence-electron chi connectivity index (χ3n) is 2.09. The summed E-state index contributed by atoms with van der Waals surface area (Å²) in [5, 5.41) is 0.436. The van der Waals surface area contributed by atoms with Gasteiger partial charge in [-0.3, -0.25) is 0 Å². The molecule has 0 aromatic rings. The first-order valence-electron chi connectivity index (χ1n) is 4.15. The van der Waals surface area contributed by atoms with Crippen LogP contribution in [0.15, 0.2) is 0 Å². The van der Waals surface area contributed by atoms with Gasteiger partial charge in [0.1, 0.15) is 9.98 Å². The first-order chi connectivity index (χ1) is 6.52. The van der Waals surface area contributed by atoms with Crippen LogP contribution in [-0.2, 0) is 0 Å². The highest BCUT2D eigenvalue weighted by molar-refractivity contribution is 7.89. The quantitative estimate of drug-likeness (QED) is 0.558. The predicted molar refractivity (Wildman–Crippen MR) is 69.3 cm³/mol. The Morgan fingerprint density at radius 2 is 1.29 bits per heavy atom. The van der Waals surface area contributed by atoms with Crippen LogP contribution in [0.3, 0.4) is 0 Å². The summed E-state index contributed by atoms with van der Waals surface area (Å²) in [7, 11) is 0. The van der Waals surface area contributed by atoms with E-state index in [1.54, 1.807) is 0 Å². The third-order valence-corrected chi connectivity index (χ3v) is 3.15. The van der Waals surface area contributed by atoms with Crippen molar-refractivity contribution in [1.29, 1.82) is 0 Å². The van der Waals surface area contributed by atoms with E-state index in [4.69, 9.17) is 48.1 Å². The van der Waals surface area contributed by atoms with Crippen LogP contribution in [0.1, 0.15) is 0 Å². The van der Waals surface area contributed by atoms with Crippen molar-refractivity contribution >= 4 is 51.7 Å². The second-order valence-corrected chi connectivity index (χ2v) is 4.23. The van der Waals surface area contributed by atoms with Crippen molar-refractivity contribution in [3.63, 3.8) is 0 Å². The van der Waals surface area contributed by atoms with Crippen LogP contribution in [-0.4, -0.2) is 51.1 Å². The van der Waals surface area contributed by atoms with Crippen molar-refractivity contribution in [2.24, 2.45) is 11.5 Å². The molecule has 0 aliphatic carbocycles. The number of piperazine rings is 1. The van der Waals surface area contributed by atoms with Crippen LogP contribution < -0.4 is 11.5 Å². The standard InChI is InChI=1S/C7H12N4S3/c8-5(12)6(13)10-1-3-11(4-2-10)7(9)14/h1-4H2,(H2,8,12)(H2,9,14). The SMILES string of the molecule is NC(=S)C(=S)N1CCN(C(N)=S)CC1. The molecule has 1 heterocycles. The zero-order valence-electron chi connectivity index (χ0n) is 7.60. The van der Waals surface area contributed by atoms with E-state index in [-0.39, 0.29) is 4.99 Å². The molecule has 0 unspecified atom stereocenters. The van der Waals surface area contributed by atoms with E-state index in [9.17, 15) is 0 Å². The first kappa shape index (κ1) is 11.5. The first-order valence-corrected chi connectivity index (χ1v) is 5.38. The summed E-state index contributed by atoms with van der Waals surface area (Å²) in [5.41, 5.74) is 10.9. The summed E-state index contributed by atoms with van der Waals surface area (Å²) in [6.07, 6.45) is 0. The summed E-state index contributed by atoms with van der Waals surface area (Å²) < 4.78 is 0. The molecule has 1 fully saturated rings. The van der Waals surface area contributed by atoms with Crippen molar-refractivity contribution in [3.05, 3.63) is 0 Å². The van der Waals surface area contributed by atoms with Gasteiger partial charge in [-0.15, -0.1) is 0 Å². The molecular weight excluding hydrogens is 236 g/mol. The van der Waals surface area contributed by atoms with E-state index in [1.165, 1.54) is 0 Å². The Labute approximate surface area is 99.2 Å². The molecule has 0 aromatic heterocycles. The van der Waals surface area contributed by atoms with E-state index >= 15 is 0 Å². The summed E-state index contributed by atoms with van der Waals surface area (Å²) in [4.78, 5) is 4.76. The molecule has 4 N–H and O–H groups in total. The smallest absolute Gasteiger partial charge is 0.166 e. The minimum absolute atomic E-state index is 0.281. The highest BCUT2D eigenvalue weighted by Gasteiger charge is 2.20. The number of hydrogen-bond acceptors (Lipinski definition) is 3. The van der Waals surface area contributed by atoms with Crippen LogP contribution in [0.4, 0.5) is 0 Å². The van der Waals surface area contributed by atoms with Crippen molar-refractivity contribution in [2.45, 2.75) is 0 Å². The second-order valence-electron chi connectivity index (χ2n) is 2.98. The highest BCUT2D eigenvalue weighted by Crippen LogP contribution is 2.03. The monoisotopic (exact) mass is 248 g/mol. The fourth-order valence-corrected chi connectivity index (χ4v) is 1.78. The zero-order chi connectivity index (χ0) is 10.7. The average molecular weight is 248 g/mol. The van der Waals surface area contributed by atoms with Crippen molar-refractivity contribution in [2.75, 3.05) is 26.2 Å². The lowest BCUT2D eigenvalue weighted by Gasteiger charge is -2.36. The average Bonchev–Trinajstić information content (AvgIpc) is 2.16. The van der Waals surface area contributed by atoms with Gasteiger partial charge >= 0.3 is 0 Å². The molecule has 0 spiro atoms. The fourth-order valence-electron chi connectivity index (χ4n) is 1.29. The molecule has 0 saturated carbocycles. The van der Waals surface area contributed by atoms with Crippen molar-refractivity contribution in [3.8, 4) is 0 Å². The van der Waals surface area contributed by atoms with Crippen LogP contribution in [0.25, 0.3) is 0 Å². The molecule has 1 saturated heterocycles. The molecule has 1 aliphatic heterocycles. The van der Waals surface area contributed by atoms with Crippen LogP contribution >= 0.6 is 36.7 Å². The van der Waals surface area contributed by atoms with Gasteiger partial charge in [-0.1, -0.05) is 24.4 Å². The van der Waals surface area contributed by atoms with Gasteiger partial charge in [-0.05, 0) is 12.2 Å². The third kappa shape index (κ3) is 2.73. The Hall–Kier alpha value is -0.530. The van der Waals surface area contributed by atoms with E-state index in [2.05, 4.69) is 0 Å². The van der Waals surface area contributed by atoms with Gasteiger partial charge < -0.3 is 21.3 Å². The molecule has 0 atom stereocenters. The summed E-state index contributed by atoms with van der Waals surface area (Å²) in [6, 6.07) is 0. The Balaban J connectivity index is 2.47. The molecule has 4 nitrogen and oxygen atoms in total. The number of hydrogen-bond donors (Lipinski definition) is 2. The lowest BCUT2D eigenvalue weighted by atomic mass is 10.3. The molecular formula is C7H12N4S3. The summed E-state index contributed by atoms with van der Waals surface area (Å²) in [6.45, 7) is 3.09. The van der Waals surface area contributed by atoms with E-state index in [0.717, 1.165) is 26.2 Å². The number of rotatable bonds is 0. The van der Waals surface area contributed by atoms with Gasteiger partial charge in [0.05, 0.1) is 0 Å². The normalized spacial score (nSPS) is 16.6. The molecule has 1 aliphatic rings. The molecule has 0 aromatic carbocycles. The van der Waals surface area contributed by atoms with Gasteiger partial charge in [-0.25, -0.2) is 0 Å². The van der Waals surface area contributed by atoms with Crippen molar-refractivity contribution < 1.29 is 0 Å². The maximum atomic E-state index is 5.50. The number of nitrogens with zero attached hydrogens (tertiary/aromatic N) is 2. The van der Waals surface area contributed by atoms with Gasteiger partial charge in [0.25, 0.3) is 0 Å². The predicted octanol–water partition coefficient (Wildman–Crippen LogP) is -0.539. The topological polar surface area (TPSA) is 58.5 Å². The fraction of sp³-hybridized carbons (Fsp3) is 0.571. The maximum absolute atomic E-state index is 5.50. The Bertz CT molecular complexity index is 270. The lowest BCUT2D eigenvalue weighted by molar-refractivity contribution is 0.265. The maximum Gasteiger partial charge on any atom is 0.166 e. The molecule has 0 amide bonds. The van der Waals surface area contributed by atoms with Crippen molar-refractivity contribution in [1.82, 2.24) is 9.80 Å². The van der Waals surface area contributed by atoms with E-state index in [1.807, 2.05) is 9.80 Å². The van der Waals surface area contributed by atoms with Gasteiger partial charge in [-0.2, -0.15) is 0 Å². The highest BCUT2D eigenvalue weighted by atomic mass is 32.1. The zero-order valence-corrected chi connectivity index (χ0v) is 10.1. The molecule has 0 bridgehead atoms. The van der Waals surface area contributed by atoms with E-state index in [0.29, 0.717) is 10.1 Å². The molecule has 7 heteroatoms. The van der Waals surface area contributed by atoms with Crippen LogP contribution in [0.2, 0.25) is 0 Å². The molecule has 1 rings (SSSR count). The number of nitrogens with two attached hydrogens (primary N) is 2. The van der Waals surface area contributed by atoms with Gasteiger partial charge in [0.2, 0.25) is 0 Å². The lowest BCUT2D eigenvalue weighted by Crippen LogP contribution is -2.53. The Morgan fingerprint density at radius 3 is 1.64 bits per heavy atom. The summed E-state index contributed by atoms with van der Waals surface area (Å²) >= 11 is 14.8. The molecule has 14 heavy (non-hydrogen) atoms. The number of thiocarbonyl (C=S) groups is 3. The minimum atomic E-state index is 0.281. The van der Waals surface area contributed by atoms with Gasteiger partial charge in [0, 0.05) is 26.2 Å². The summed E-state index contributed by atoms with van der Waals surface area (Å²) in [5.74, 6) is 0. The van der Waals surface area contributed by atoms with Crippen LogP contribution in [0.5, 0.6) is 0 Å². The van der Waals surface area contributed by atoms with E-state index < -0.39 is 0 Å². The van der Waals surface area contributed by atoms with Gasteiger partial charge in [0.15, 0.2) is 5.11 Å². The second kappa shape index (κ2) is 4.81. The molecule has 78 valence electrons. The van der Waals surface area contributed by atoms with Crippen LogP contribution in [0, 0.1) is 0 Å².